The molecule has 1 aromatic carbocycles. The maximum atomic E-state index is 12.2. The number of urea groups is 1. The molecule has 3 nitrogen and oxygen atoms in total. The Morgan fingerprint density at radius 3 is 2.95 bits per heavy atom. The van der Waals surface area contributed by atoms with Crippen molar-refractivity contribution in [1.29, 1.82) is 0 Å². The Balaban J connectivity index is 1.67. The quantitative estimate of drug-likeness (QED) is 0.819. The summed E-state index contributed by atoms with van der Waals surface area (Å²) < 4.78 is 0. The zero-order chi connectivity index (χ0) is 14.7. The van der Waals surface area contributed by atoms with Crippen LogP contribution >= 0.6 is 11.6 Å². The van der Waals surface area contributed by atoms with E-state index in [1.807, 2.05) is 12.1 Å². The van der Waals surface area contributed by atoms with E-state index in [-0.39, 0.29) is 12.1 Å². The molecule has 0 saturated heterocycles. The van der Waals surface area contributed by atoms with Gasteiger partial charge in [-0.15, -0.1) is 0 Å². The molecule has 1 unspecified atom stereocenters. The topological polar surface area (TPSA) is 41.1 Å². The van der Waals surface area contributed by atoms with E-state index in [9.17, 15) is 4.79 Å². The van der Waals surface area contributed by atoms with Crippen LogP contribution in [0, 0.1) is 0 Å². The number of allylic oxidation sites excluding steroid dienone is 2. The minimum atomic E-state index is -0.194. The van der Waals surface area contributed by atoms with Crippen molar-refractivity contribution in [2.24, 2.45) is 0 Å². The largest absolute Gasteiger partial charge is 0.331 e. The van der Waals surface area contributed by atoms with Gasteiger partial charge in [-0.05, 0) is 49.8 Å². The summed E-state index contributed by atoms with van der Waals surface area (Å²) in [5.41, 5.74) is 3.45. The summed E-state index contributed by atoms with van der Waals surface area (Å²) in [5, 5.41) is 6.45. The van der Waals surface area contributed by atoms with Gasteiger partial charge in [-0.1, -0.05) is 41.5 Å². The Hall–Kier alpha value is -1.74. The average Bonchev–Trinajstić information content (AvgIpc) is 2.50. The van der Waals surface area contributed by atoms with Gasteiger partial charge in [0.15, 0.2) is 0 Å². The van der Waals surface area contributed by atoms with Gasteiger partial charge in [0.25, 0.3) is 0 Å². The molecule has 1 atom stereocenters. The lowest BCUT2D eigenvalue weighted by Gasteiger charge is -2.29. The number of nitrogens with one attached hydrogen (secondary N) is 2. The van der Waals surface area contributed by atoms with Crippen molar-refractivity contribution >= 4 is 23.3 Å². The van der Waals surface area contributed by atoms with Crippen molar-refractivity contribution in [2.45, 2.75) is 38.1 Å². The number of para-hydroxylation sites is 1. The Kier molecular flexibility index (Phi) is 4.30. The number of hydrogen-bond acceptors (Lipinski definition) is 1. The minimum absolute atomic E-state index is 0.118. The fourth-order valence-corrected chi connectivity index (χ4v) is 3.25. The summed E-state index contributed by atoms with van der Waals surface area (Å²) >= 11 is 6.06. The van der Waals surface area contributed by atoms with E-state index in [1.165, 1.54) is 17.6 Å². The third-order valence-corrected chi connectivity index (χ3v) is 4.42. The molecule has 2 aliphatic carbocycles. The Morgan fingerprint density at radius 1 is 1.24 bits per heavy atom. The molecule has 0 spiro atoms. The smallest absolute Gasteiger partial charge is 0.319 e. The molecule has 4 heteroatoms. The highest BCUT2D eigenvalue weighted by molar-refractivity contribution is 6.33. The van der Waals surface area contributed by atoms with E-state index in [0.29, 0.717) is 10.7 Å². The summed E-state index contributed by atoms with van der Waals surface area (Å²) in [6.07, 6.45) is 9.95. The number of carbonyl (C=O) groups is 1. The molecular weight excluding hydrogens is 284 g/mol. The van der Waals surface area contributed by atoms with Crippen LogP contribution in [0.2, 0.25) is 5.02 Å². The first-order chi connectivity index (χ1) is 10.2. The normalized spacial score (nSPS) is 20.9. The predicted molar refractivity (Wildman–Crippen MR) is 86.6 cm³/mol. The fourth-order valence-electron chi connectivity index (χ4n) is 3.07. The summed E-state index contributed by atoms with van der Waals surface area (Å²) in [7, 11) is 0. The number of benzene rings is 1. The highest BCUT2D eigenvalue weighted by Crippen LogP contribution is 2.32. The molecule has 110 valence electrons. The molecule has 0 fully saturated rings. The third kappa shape index (κ3) is 3.30. The van der Waals surface area contributed by atoms with Crippen LogP contribution in [0.3, 0.4) is 0 Å². The lowest BCUT2D eigenvalue weighted by molar-refractivity contribution is 0.249. The average molecular weight is 303 g/mol. The van der Waals surface area contributed by atoms with E-state index in [2.05, 4.69) is 22.8 Å². The van der Waals surface area contributed by atoms with Gasteiger partial charge in [-0.2, -0.15) is 0 Å². The first-order valence-corrected chi connectivity index (χ1v) is 7.82. The number of carbonyl (C=O) groups excluding carboxylic acids is 1. The molecule has 0 bridgehead atoms. The monoisotopic (exact) mass is 302 g/mol. The lowest BCUT2D eigenvalue weighted by Crippen LogP contribution is -2.40. The summed E-state index contributed by atoms with van der Waals surface area (Å²) in [4.78, 5) is 12.2. The van der Waals surface area contributed by atoms with E-state index in [0.717, 1.165) is 25.7 Å². The van der Waals surface area contributed by atoms with Gasteiger partial charge in [-0.25, -0.2) is 4.79 Å². The van der Waals surface area contributed by atoms with E-state index in [1.54, 1.807) is 12.1 Å². The molecule has 0 heterocycles. The molecule has 0 aromatic heterocycles. The van der Waals surface area contributed by atoms with Gasteiger partial charge in [0.05, 0.1) is 16.8 Å². The summed E-state index contributed by atoms with van der Waals surface area (Å²) in [6, 6.07) is 7.19. The van der Waals surface area contributed by atoms with Gasteiger partial charge < -0.3 is 10.6 Å². The van der Waals surface area contributed by atoms with Gasteiger partial charge in [0.2, 0.25) is 0 Å². The van der Waals surface area contributed by atoms with Crippen LogP contribution in [0.1, 0.15) is 32.1 Å². The zero-order valence-corrected chi connectivity index (χ0v) is 12.6. The van der Waals surface area contributed by atoms with Crippen LogP contribution < -0.4 is 10.6 Å². The van der Waals surface area contributed by atoms with Crippen LogP contribution in [0.25, 0.3) is 0 Å². The van der Waals surface area contributed by atoms with Crippen LogP contribution in [-0.4, -0.2) is 12.1 Å². The minimum Gasteiger partial charge on any atom is -0.331 e. The molecule has 1 aromatic rings. The summed E-state index contributed by atoms with van der Waals surface area (Å²) in [6.45, 7) is 0. The Labute approximate surface area is 130 Å². The fraction of sp³-hybridized carbons (Fsp3) is 0.353. The molecule has 0 radical (unpaired) electrons. The van der Waals surface area contributed by atoms with Crippen molar-refractivity contribution in [2.75, 3.05) is 5.32 Å². The standard InChI is InChI=1S/C17H19ClN2O/c18-14-9-3-4-10-16(14)20-17(21)19-15-11-5-7-12-6-1-2-8-13(12)15/h2-4,8-10,15H,1,5-7,11H2,(H2,19,20,21). The molecule has 0 saturated carbocycles. The molecule has 2 amide bonds. The van der Waals surface area contributed by atoms with Crippen LogP contribution in [0.5, 0.6) is 0 Å². The maximum Gasteiger partial charge on any atom is 0.319 e. The molecule has 3 rings (SSSR count). The number of halogens is 1. The van der Waals surface area contributed by atoms with Gasteiger partial charge in [0.1, 0.15) is 0 Å². The van der Waals surface area contributed by atoms with E-state index >= 15 is 0 Å². The molecule has 21 heavy (non-hydrogen) atoms. The lowest BCUT2D eigenvalue weighted by atomic mass is 9.83. The molecule has 0 aliphatic heterocycles. The molecular formula is C17H19ClN2O. The van der Waals surface area contributed by atoms with Crippen molar-refractivity contribution in [3.63, 3.8) is 0 Å². The number of anilines is 1. The van der Waals surface area contributed by atoms with Crippen molar-refractivity contribution in [1.82, 2.24) is 5.32 Å². The van der Waals surface area contributed by atoms with Gasteiger partial charge in [0, 0.05) is 0 Å². The maximum absolute atomic E-state index is 12.2. The predicted octanol–water partition coefficient (Wildman–Crippen LogP) is 4.66. The van der Waals surface area contributed by atoms with Gasteiger partial charge in [-0.3, -0.25) is 0 Å². The first kappa shape index (κ1) is 14.2. The number of hydrogen-bond donors (Lipinski definition) is 2. The second kappa shape index (κ2) is 6.35. The second-order valence-corrected chi connectivity index (χ2v) is 5.93. The van der Waals surface area contributed by atoms with E-state index < -0.39 is 0 Å². The van der Waals surface area contributed by atoms with E-state index in [4.69, 9.17) is 11.6 Å². The molecule has 2 aliphatic rings. The van der Waals surface area contributed by atoms with Crippen LogP contribution in [0.4, 0.5) is 10.5 Å². The van der Waals surface area contributed by atoms with Crippen LogP contribution in [-0.2, 0) is 0 Å². The Morgan fingerprint density at radius 2 is 2.10 bits per heavy atom. The summed E-state index contributed by atoms with van der Waals surface area (Å²) in [5.74, 6) is 0. The Bertz CT molecular complexity index is 607. The number of rotatable bonds is 2. The molecule has 2 N–H and O–H groups in total. The highest BCUT2D eigenvalue weighted by atomic mass is 35.5. The SMILES string of the molecule is O=C(Nc1ccccc1Cl)NC1CCCC2=C1C=CCC2. The first-order valence-electron chi connectivity index (χ1n) is 7.44. The zero-order valence-electron chi connectivity index (χ0n) is 11.9. The second-order valence-electron chi connectivity index (χ2n) is 5.52. The van der Waals surface area contributed by atoms with Crippen molar-refractivity contribution < 1.29 is 4.79 Å². The number of amides is 2. The van der Waals surface area contributed by atoms with Crippen LogP contribution in [0.15, 0.2) is 47.6 Å². The van der Waals surface area contributed by atoms with Crippen molar-refractivity contribution in [3.05, 3.63) is 52.6 Å². The highest BCUT2D eigenvalue weighted by Gasteiger charge is 2.24. The third-order valence-electron chi connectivity index (χ3n) is 4.09. The van der Waals surface area contributed by atoms with Crippen molar-refractivity contribution in [3.8, 4) is 0 Å². The van der Waals surface area contributed by atoms with Gasteiger partial charge >= 0.3 is 6.03 Å².